The summed E-state index contributed by atoms with van der Waals surface area (Å²) in [6, 6.07) is 8.04. The number of aromatic nitrogens is 2. The number of hydrogen-bond acceptors (Lipinski definition) is 3. The molecule has 3 rings (SSSR count). The summed E-state index contributed by atoms with van der Waals surface area (Å²) in [5, 5.41) is 12.3. The van der Waals surface area contributed by atoms with Crippen LogP contribution in [0.3, 0.4) is 0 Å². The molecule has 1 atom stereocenters. The van der Waals surface area contributed by atoms with E-state index in [1.165, 1.54) is 12.8 Å². The van der Waals surface area contributed by atoms with Crippen LogP contribution >= 0.6 is 0 Å². The maximum absolute atomic E-state index is 8.80. The molecule has 1 aromatic carbocycles. The van der Waals surface area contributed by atoms with Gasteiger partial charge in [0.25, 0.3) is 0 Å². The minimum absolute atomic E-state index is 0.224. The van der Waals surface area contributed by atoms with Crippen molar-refractivity contribution in [3.05, 3.63) is 29.9 Å². The summed E-state index contributed by atoms with van der Waals surface area (Å²) < 4.78 is 2.09. The van der Waals surface area contributed by atoms with E-state index in [0.29, 0.717) is 5.62 Å². The van der Waals surface area contributed by atoms with E-state index in [0.717, 1.165) is 24.0 Å². The molecule has 0 aliphatic carbocycles. The van der Waals surface area contributed by atoms with Crippen molar-refractivity contribution in [2.24, 2.45) is 4.99 Å². The highest BCUT2D eigenvalue weighted by Crippen LogP contribution is 2.20. The highest BCUT2D eigenvalue weighted by Gasteiger charge is 2.17. The number of fused-ring (bicyclic) bond motifs is 1. The van der Waals surface area contributed by atoms with Gasteiger partial charge in [-0.25, -0.2) is 0 Å². The monoisotopic (exact) mass is 241 g/mol. The van der Waals surface area contributed by atoms with Crippen LogP contribution in [0, 0.1) is 11.5 Å². The van der Waals surface area contributed by atoms with Crippen LogP contribution < -0.4 is 10.9 Å². The van der Waals surface area contributed by atoms with E-state index in [2.05, 4.69) is 25.9 Å². The smallest absolute Gasteiger partial charge is 0.220 e. The van der Waals surface area contributed by atoms with Gasteiger partial charge in [-0.2, -0.15) is 5.26 Å². The van der Waals surface area contributed by atoms with Crippen LogP contribution in [0.5, 0.6) is 0 Å². The van der Waals surface area contributed by atoms with Gasteiger partial charge in [-0.3, -0.25) is 9.88 Å². The molecule has 1 saturated heterocycles. The van der Waals surface area contributed by atoms with Crippen molar-refractivity contribution >= 4 is 11.0 Å². The zero-order chi connectivity index (χ0) is 12.4. The van der Waals surface area contributed by atoms with Crippen LogP contribution in [-0.4, -0.2) is 16.1 Å². The van der Waals surface area contributed by atoms with Gasteiger partial charge in [0.05, 0.1) is 17.2 Å². The number of nitrogens with one attached hydrogen (secondary N) is 2. The Morgan fingerprint density at radius 3 is 3.00 bits per heavy atom. The maximum atomic E-state index is 8.80. The molecule has 5 heteroatoms. The number of hydrogen-bond donors (Lipinski definition) is 2. The molecule has 0 spiro atoms. The summed E-state index contributed by atoms with van der Waals surface area (Å²) in [7, 11) is 0. The lowest BCUT2D eigenvalue weighted by Gasteiger charge is -2.25. The molecule has 2 N–H and O–H groups in total. The molecule has 2 aromatic rings. The summed E-state index contributed by atoms with van der Waals surface area (Å²) >= 11 is 0. The molecule has 18 heavy (non-hydrogen) atoms. The van der Waals surface area contributed by atoms with Crippen LogP contribution in [0.2, 0.25) is 0 Å². The molecule has 1 fully saturated rings. The number of nitrogens with zero attached hydrogens (tertiary/aromatic N) is 3. The molecule has 1 aliphatic heterocycles. The molecule has 1 aromatic heterocycles. The number of nitriles is 1. The zero-order valence-electron chi connectivity index (χ0n) is 10.1. The van der Waals surface area contributed by atoms with E-state index in [9.17, 15) is 0 Å². The van der Waals surface area contributed by atoms with Crippen molar-refractivity contribution in [3.63, 3.8) is 0 Å². The van der Waals surface area contributed by atoms with Gasteiger partial charge in [0.2, 0.25) is 11.8 Å². The van der Waals surface area contributed by atoms with Gasteiger partial charge in [-0.1, -0.05) is 12.1 Å². The third-order valence-electron chi connectivity index (χ3n) is 3.39. The molecule has 5 nitrogen and oxygen atoms in total. The Hall–Kier alpha value is -2.06. The van der Waals surface area contributed by atoms with Crippen LogP contribution in [0.4, 0.5) is 0 Å². The average Bonchev–Trinajstić information content (AvgIpc) is 2.78. The Morgan fingerprint density at radius 1 is 1.33 bits per heavy atom. The van der Waals surface area contributed by atoms with E-state index >= 15 is 0 Å². The number of rotatable bonds is 1. The molecule has 0 bridgehead atoms. The van der Waals surface area contributed by atoms with Crippen LogP contribution in [0.1, 0.15) is 25.4 Å². The van der Waals surface area contributed by atoms with Gasteiger partial charge in [-0.15, -0.1) is 4.99 Å². The van der Waals surface area contributed by atoms with Crippen molar-refractivity contribution < 1.29 is 0 Å². The first kappa shape index (κ1) is 11.1. The predicted molar refractivity (Wildman–Crippen MR) is 68.4 cm³/mol. The van der Waals surface area contributed by atoms with Crippen LogP contribution in [-0.2, 0) is 0 Å². The van der Waals surface area contributed by atoms with Crippen molar-refractivity contribution in [3.8, 4) is 6.19 Å². The van der Waals surface area contributed by atoms with Crippen LogP contribution in [0.15, 0.2) is 29.3 Å². The number of para-hydroxylation sites is 2. The van der Waals surface area contributed by atoms with Gasteiger partial charge < -0.3 is 4.98 Å². The third kappa shape index (κ3) is 1.81. The number of benzene rings is 1. The SMILES string of the molecule is N#CN=c1[nH]c2ccccc2n1C1CCCCN1. The first-order valence-corrected chi connectivity index (χ1v) is 6.25. The van der Waals surface area contributed by atoms with Crippen molar-refractivity contribution in [2.45, 2.75) is 25.4 Å². The van der Waals surface area contributed by atoms with Gasteiger partial charge in [0.1, 0.15) is 0 Å². The largest absolute Gasteiger partial charge is 0.323 e. The first-order valence-electron chi connectivity index (χ1n) is 6.25. The first-order chi connectivity index (χ1) is 8.90. The summed E-state index contributed by atoms with van der Waals surface area (Å²) in [6.45, 7) is 1.02. The fraction of sp³-hybridized carbons (Fsp3) is 0.385. The topological polar surface area (TPSA) is 68.9 Å². The summed E-state index contributed by atoms with van der Waals surface area (Å²) in [4.78, 5) is 7.09. The van der Waals surface area contributed by atoms with Crippen molar-refractivity contribution in [2.75, 3.05) is 6.54 Å². The normalized spacial score (nSPS) is 21.1. The minimum atomic E-state index is 0.224. The molecule has 0 amide bonds. The Morgan fingerprint density at radius 2 is 2.22 bits per heavy atom. The van der Waals surface area contributed by atoms with Gasteiger partial charge in [-0.05, 0) is 37.9 Å². The van der Waals surface area contributed by atoms with E-state index in [1.807, 2.05) is 24.4 Å². The Balaban J connectivity index is 2.21. The lowest BCUT2D eigenvalue weighted by atomic mass is 10.1. The van der Waals surface area contributed by atoms with E-state index < -0.39 is 0 Å². The minimum Gasteiger partial charge on any atom is -0.323 e. The highest BCUT2D eigenvalue weighted by molar-refractivity contribution is 5.75. The number of aromatic amines is 1. The summed E-state index contributed by atoms with van der Waals surface area (Å²) in [6.07, 6.45) is 5.58. The lowest BCUT2D eigenvalue weighted by molar-refractivity contribution is 0.319. The van der Waals surface area contributed by atoms with E-state index in [1.54, 1.807) is 0 Å². The van der Waals surface area contributed by atoms with Crippen molar-refractivity contribution in [1.82, 2.24) is 14.9 Å². The molecule has 1 aliphatic rings. The number of piperidine rings is 1. The number of H-pyrrole nitrogens is 1. The average molecular weight is 241 g/mol. The van der Waals surface area contributed by atoms with E-state index in [4.69, 9.17) is 5.26 Å². The van der Waals surface area contributed by atoms with Gasteiger partial charge in [0, 0.05) is 0 Å². The Bertz CT molecular complexity index is 652. The standard InChI is InChI=1S/C13H15N5/c14-9-16-13-17-10-5-1-2-6-11(10)18(13)12-7-3-4-8-15-12/h1-2,5-6,12,15H,3-4,7-8H2,(H,16,17). The fourth-order valence-electron chi connectivity index (χ4n) is 2.58. The molecule has 0 saturated carbocycles. The van der Waals surface area contributed by atoms with Crippen molar-refractivity contribution in [1.29, 1.82) is 5.26 Å². The van der Waals surface area contributed by atoms with E-state index in [-0.39, 0.29) is 6.17 Å². The summed E-state index contributed by atoms with van der Waals surface area (Å²) in [5.74, 6) is 0. The number of imidazole rings is 1. The third-order valence-corrected chi connectivity index (χ3v) is 3.39. The second-order valence-electron chi connectivity index (χ2n) is 4.51. The molecule has 2 heterocycles. The molecule has 0 radical (unpaired) electrons. The Kier molecular flexibility index (Phi) is 2.87. The quantitative estimate of drug-likeness (QED) is 0.745. The summed E-state index contributed by atoms with van der Waals surface area (Å²) in [5.41, 5.74) is 2.72. The highest BCUT2D eigenvalue weighted by atomic mass is 15.2. The molecular weight excluding hydrogens is 226 g/mol. The predicted octanol–water partition coefficient (Wildman–Crippen LogP) is 1.62. The maximum Gasteiger partial charge on any atom is 0.220 e. The zero-order valence-corrected chi connectivity index (χ0v) is 10.1. The molecular formula is C13H15N5. The molecule has 1 unspecified atom stereocenters. The van der Waals surface area contributed by atoms with Crippen LogP contribution in [0.25, 0.3) is 11.0 Å². The second kappa shape index (κ2) is 4.67. The lowest BCUT2D eigenvalue weighted by Crippen LogP contribution is -2.36. The Labute approximate surface area is 105 Å². The second-order valence-corrected chi connectivity index (χ2v) is 4.51. The fourth-order valence-corrected chi connectivity index (χ4v) is 2.58. The van der Waals surface area contributed by atoms with Gasteiger partial charge >= 0.3 is 0 Å². The molecule has 92 valence electrons. The van der Waals surface area contributed by atoms with Gasteiger partial charge in [0.15, 0.2) is 0 Å².